The molecular weight excluding hydrogens is 322 g/mol. The minimum absolute atomic E-state index is 0.00499. The van der Waals surface area contributed by atoms with Gasteiger partial charge in [-0.25, -0.2) is 4.39 Å². The Hall–Kier alpha value is -2.32. The number of rotatable bonds is 6. The van der Waals surface area contributed by atoms with Crippen LogP contribution in [0.15, 0.2) is 18.2 Å². The number of hydrogen-bond acceptors (Lipinski definition) is 3. The predicted molar refractivity (Wildman–Crippen MR) is 70.4 cm³/mol. The van der Waals surface area contributed by atoms with E-state index in [0.717, 1.165) is 18.2 Å². The second kappa shape index (κ2) is 6.43. The standard InChI is InChI=1S/C14H13F4NO4/c15-7-1-2-10(11(5-7)23-4-3-14(16,17)18)19-12(20)8-6-9(8)13(21)22/h1-2,5,8-9H,3-4,6H2,(H,19,20)(H,21,22). The molecule has 2 unspecified atom stereocenters. The molecule has 2 N–H and O–H groups in total. The molecule has 1 amide bonds. The fourth-order valence-electron chi connectivity index (χ4n) is 1.98. The average molecular weight is 335 g/mol. The Morgan fingerprint density at radius 2 is 2.00 bits per heavy atom. The Bertz CT molecular complexity index is 617. The van der Waals surface area contributed by atoms with Gasteiger partial charge in [-0.1, -0.05) is 0 Å². The van der Waals surface area contributed by atoms with Crippen molar-refractivity contribution in [3.63, 3.8) is 0 Å². The number of halogens is 4. The van der Waals surface area contributed by atoms with Gasteiger partial charge in [0.25, 0.3) is 0 Å². The van der Waals surface area contributed by atoms with Gasteiger partial charge in [0.05, 0.1) is 30.6 Å². The summed E-state index contributed by atoms with van der Waals surface area (Å²) in [6.07, 6.45) is -5.45. The highest BCUT2D eigenvalue weighted by Gasteiger charge is 2.48. The maximum atomic E-state index is 13.2. The summed E-state index contributed by atoms with van der Waals surface area (Å²) in [7, 11) is 0. The SMILES string of the molecule is O=C(O)C1CC1C(=O)Nc1ccc(F)cc1OCCC(F)(F)F. The zero-order valence-electron chi connectivity index (χ0n) is 11.7. The molecule has 1 aliphatic carbocycles. The lowest BCUT2D eigenvalue weighted by Gasteiger charge is -2.13. The first kappa shape index (κ1) is 17.0. The third-order valence-electron chi connectivity index (χ3n) is 3.29. The van der Waals surface area contributed by atoms with Gasteiger partial charge in [0, 0.05) is 6.07 Å². The molecule has 0 aromatic heterocycles. The van der Waals surface area contributed by atoms with Crippen molar-refractivity contribution in [3.05, 3.63) is 24.0 Å². The lowest BCUT2D eigenvalue weighted by Crippen LogP contribution is -2.18. The molecule has 1 aromatic carbocycles. The highest BCUT2D eigenvalue weighted by Crippen LogP contribution is 2.40. The van der Waals surface area contributed by atoms with Gasteiger partial charge >= 0.3 is 12.1 Å². The van der Waals surface area contributed by atoms with Crippen molar-refractivity contribution in [2.45, 2.75) is 19.0 Å². The topological polar surface area (TPSA) is 75.6 Å². The van der Waals surface area contributed by atoms with E-state index >= 15 is 0 Å². The fourth-order valence-corrected chi connectivity index (χ4v) is 1.98. The number of carbonyl (C=O) groups is 2. The number of carboxylic acids is 1. The normalized spacial score (nSPS) is 20.0. The van der Waals surface area contributed by atoms with Crippen LogP contribution < -0.4 is 10.1 Å². The summed E-state index contributed by atoms with van der Waals surface area (Å²) in [5, 5.41) is 11.1. The molecule has 1 aromatic rings. The lowest BCUT2D eigenvalue weighted by molar-refractivity contribution is -0.140. The highest BCUT2D eigenvalue weighted by atomic mass is 19.4. The Balaban J connectivity index is 2.01. The number of ether oxygens (including phenoxy) is 1. The van der Waals surface area contributed by atoms with Crippen LogP contribution >= 0.6 is 0 Å². The number of hydrogen-bond donors (Lipinski definition) is 2. The molecule has 2 atom stereocenters. The summed E-state index contributed by atoms with van der Waals surface area (Å²) >= 11 is 0. The van der Waals surface area contributed by atoms with Crippen molar-refractivity contribution >= 4 is 17.6 Å². The minimum Gasteiger partial charge on any atom is -0.491 e. The van der Waals surface area contributed by atoms with Crippen molar-refractivity contribution < 1.29 is 37.0 Å². The van der Waals surface area contributed by atoms with Crippen LogP contribution in [-0.4, -0.2) is 29.8 Å². The maximum Gasteiger partial charge on any atom is 0.392 e. The van der Waals surface area contributed by atoms with Crippen LogP contribution in [0.5, 0.6) is 5.75 Å². The molecule has 0 saturated heterocycles. The number of anilines is 1. The molecule has 23 heavy (non-hydrogen) atoms. The van der Waals surface area contributed by atoms with Crippen molar-refractivity contribution in [2.24, 2.45) is 11.8 Å². The smallest absolute Gasteiger partial charge is 0.392 e. The van der Waals surface area contributed by atoms with Crippen molar-refractivity contribution in [1.29, 1.82) is 0 Å². The van der Waals surface area contributed by atoms with E-state index in [-0.39, 0.29) is 17.9 Å². The van der Waals surface area contributed by atoms with Crippen LogP contribution in [0.4, 0.5) is 23.2 Å². The zero-order valence-corrected chi connectivity index (χ0v) is 11.7. The van der Waals surface area contributed by atoms with Gasteiger partial charge in [-0.15, -0.1) is 0 Å². The van der Waals surface area contributed by atoms with Crippen LogP contribution in [-0.2, 0) is 9.59 Å². The van der Waals surface area contributed by atoms with Crippen molar-refractivity contribution in [3.8, 4) is 5.75 Å². The van der Waals surface area contributed by atoms with Crippen LogP contribution in [0, 0.1) is 17.7 Å². The molecule has 5 nitrogen and oxygen atoms in total. The largest absolute Gasteiger partial charge is 0.491 e. The summed E-state index contributed by atoms with van der Waals surface area (Å²) in [5.74, 6) is -4.14. The van der Waals surface area contributed by atoms with Gasteiger partial charge in [-0.2, -0.15) is 13.2 Å². The first-order valence-electron chi connectivity index (χ1n) is 6.70. The number of carboxylic acid groups (broad SMARTS) is 1. The predicted octanol–water partition coefficient (Wildman–Crippen LogP) is 2.82. The quantitative estimate of drug-likeness (QED) is 0.784. The van der Waals surface area contributed by atoms with Crippen LogP contribution in [0.25, 0.3) is 0 Å². The Morgan fingerprint density at radius 1 is 1.30 bits per heavy atom. The molecule has 126 valence electrons. The summed E-state index contributed by atoms with van der Waals surface area (Å²) in [4.78, 5) is 22.6. The molecule has 2 rings (SSSR count). The first-order valence-corrected chi connectivity index (χ1v) is 6.70. The second-order valence-corrected chi connectivity index (χ2v) is 5.13. The number of amides is 1. The molecule has 1 aliphatic rings. The molecule has 0 heterocycles. The number of benzene rings is 1. The van der Waals surface area contributed by atoms with Crippen molar-refractivity contribution in [2.75, 3.05) is 11.9 Å². The third-order valence-corrected chi connectivity index (χ3v) is 3.29. The van der Waals surface area contributed by atoms with E-state index in [1.165, 1.54) is 0 Å². The third kappa shape index (κ3) is 4.83. The zero-order chi connectivity index (χ0) is 17.2. The minimum atomic E-state index is -4.42. The molecule has 0 aliphatic heterocycles. The molecule has 1 fully saturated rings. The number of alkyl halides is 3. The van der Waals surface area contributed by atoms with E-state index in [1.807, 2.05) is 0 Å². The average Bonchev–Trinajstić information content (AvgIpc) is 3.20. The highest BCUT2D eigenvalue weighted by molar-refractivity contribution is 5.99. The van der Waals surface area contributed by atoms with Gasteiger partial charge in [-0.3, -0.25) is 9.59 Å². The summed E-state index contributed by atoms with van der Waals surface area (Å²) in [6.45, 7) is -0.725. The van der Waals surface area contributed by atoms with Crippen LogP contribution in [0.1, 0.15) is 12.8 Å². The number of aliphatic carboxylic acids is 1. The summed E-state index contributed by atoms with van der Waals surface area (Å²) in [6, 6.07) is 3.01. The Labute approximate surface area is 128 Å². The van der Waals surface area contributed by atoms with Gasteiger partial charge < -0.3 is 15.2 Å². The molecule has 0 radical (unpaired) electrons. The summed E-state index contributed by atoms with van der Waals surface area (Å²) < 4.78 is 54.4. The maximum absolute atomic E-state index is 13.2. The van der Waals surface area contributed by atoms with Gasteiger partial charge in [0.15, 0.2) is 0 Å². The van der Waals surface area contributed by atoms with E-state index in [4.69, 9.17) is 9.84 Å². The van der Waals surface area contributed by atoms with Gasteiger partial charge in [0.1, 0.15) is 11.6 Å². The monoisotopic (exact) mass is 335 g/mol. The van der Waals surface area contributed by atoms with E-state index in [1.54, 1.807) is 0 Å². The Morgan fingerprint density at radius 3 is 2.57 bits per heavy atom. The van der Waals surface area contributed by atoms with Gasteiger partial charge in [-0.05, 0) is 18.6 Å². The molecule has 9 heteroatoms. The van der Waals surface area contributed by atoms with E-state index in [0.29, 0.717) is 0 Å². The van der Waals surface area contributed by atoms with Crippen molar-refractivity contribution in [1.82, 2.24) is 0 Å². The number of nitrogens with one attached hydrogen (secondary N) is 1. The van der Waals surface area contributed by atoms with E-state index < -0.39 is 48.7 Å². The lowest BCUT2D eigenvalue weighted by atomic mass is 10.2. The van der Waals surface area contributed by atoms with E-state index in [2.05, 4.69) is 5.32 Å². The number of carbonyl (C=O) groups excluding carboxylic acids is 1. The molecule has 0 spiro atoms. The second-order valence-electron chi connectivity index (χ2n) is 5.13. The molecule has 1 saturated carbocycles. The van der Waals surface area contributed by atoms with Crippen LogP contribution in [0.3, 0.4) is 0 Å². The fraction of sp³-hybridized carbons (Fsp3) is 0.429. The van der Waals surface area contributed by atoms with Gasteiger partial charge in [0.2, 0.25) is 5.91 Å². The van der Waals surface area contributed by atoms with E-state index in [9.17, 15) is 27.2 Å². The first-order chi connectivity index (χ1) is 10.7. The summed E-state index contributed by atoms with van der Waals surface area (Å²) in [5.41, 5.74) is -0.00499. The molecular formula is C14H13F4NO4. The van der Waals surface area contributed by atoms with Crippen LogP contribution in [0.2, 0.25) is 0 Å². The Kier molecular flexibility index (Phi) is 4.76. The molecule has 0 bridgehead atoms.